The number of halogens is 4. The van der Waals surface area contributed by atoms with Gasteiger partial charge in [0.05, 0.1) is 23.0 Å². The lowest BCUT2D eigenvalue weighted by Gasteiger charge is -2.13. The zero-order valence-corrected chi connectivity index (χ0v) is 15.2. The molecule has 4 rings (SSSR count). The summed E-state index contributed by atoms with van der Waals surface area (Å²) in [6, 6.07) is 8.07. The molecule has 0 saturated carbocycles. The summed E-state index contributed by atoms with van der Waals surface area (Å²) in [6.07, 6.45) is 1.53. The molecule has 0 aliphatic carbocycles. The van der Waals surface area contributed by atoms with E-state index in [1.54, 1.807) is 6.07 Å². The molecule has 3 aromatic carbocycles. The fourth-order valence-electron chi connectivity index (χ4n) is 2.87. The van der Waals surface area contributed by atoms with E-state index in [0.717, 1.165) is 18.2 Å². The predicted molar refractivity (Wildman–Crippen MR) is 98.6 cm³/mol. The summed E-state index contributed by atoms with van der Waals surface area (Å²) in [6.45, 7) is 0. The highest BCUT2D eigenvalue weighted by Gasteiger charge is 2.24. The minimum atomic E-state index is -4.67. The van der Waals surface area contributed by atoms with Crippen LogP contribution in [0.25, 0.3) is 22.0 Å². The van der Waals surface area contributed by atoms with E-state index in [9.17, 15) is 21.6 Å². The molecule has 0 spiro atoms. The minimum absolute atomic E-state index is 0.134. The Balaban J connectivity index is 1.80. The van der Waals surface area contributed by atoms with Gasteiger partial charge < -0.3 is 0 Å². The van der Waals surface area contributed by atoms with Crippen LogP contribution in [0.2, 0.25) is 0 Å². The van der Waals surface area contributed by atoms with Crippen molar-refractivity contribution in [3.05, 3.63) is 78.0 Å². The number of fused-ring (bicyclic) bond motifs is 1. The fraction of sp³-hybridized carbons (Fsp3) is 0. The van der Waals surface area contributed by atoms with Crippen molar-refractivity contribution in [3.8, 4) is 11.1 Å². The van der Waals surface area contributed by atoms with Crippen LogP contribution >= 0.6 is 0 Å². The lowest BCUT2D eigenvalue weighted by atomic mass is 10.0. The van der Waals surface area contributed by atoms with Gasteiger partial charge >= 0.3 is 0 Å². The molecule has 5 nitrogen and oxygen atoms in total. The van der Waals surface area contributed by atoms with Crippen LogP contribution in [0.3, 0.4) is 0 Å². The molecule has 10 heteroatoms. The van der Waals surface area contributed by atoms with Gasteiger partial charge in [0, 0.05) is 5.39 Å². The number of H-pyrrole nitrogens is 1. The monoisotopic (exact) mass is 421 g/mol. The Bertz CT molecular complexity index is 1350. The topological polar surface area (TPSA) is 74.8 Å². The second kappa shape index (κ2) is 6.89. The van der Waals surface area contributed by atoms with Crippen molar-refractivity contribution in [1.82, 2.24) is 10.2 Å². The lowest BCUT2D eigenvalue weighted by Crippen LogP contribution is -2.16. The van der Waals surface area contributed by atoms with Crippen LogP contribution in [-0.2, 0) is 10.0 Å². The second-order valence-corrected chi connectivity index (χ2v) is 7.79. The Morgan fingerprint density at radius 2 is 1.66 bits per heavy atom. The van der Waals surface area contributed by atoms with Crippen LogP contribution in [0.5, 0.6) is 0 Å². The van der Waals surface area contributed by atoms with Gasteiger partial charge in [-0.3, -0.25) is 9.82 Å². The smallest absolute Gasteiger partial charge is 0.265 e. The Labute approximate surface area is 162 Å². The van der Waals surface area contributed by atoms with Gasteiger partial charge in [-0.2, -0.15) is 5.10 Å². The van der Waals surface area contributed by atoms with Crippen molar-refractivity contribution in [2.45, 2.75) is 4.90 Å². The highest BCUT2D eigenvalue weighted by atomic mass is 32.2. The molecule has 0 aliphatic rings. The quantitative estimate of drug-likeness (QED) is 0.474. The highest BCUT2D eigenvalue weighted by molar-refractivity contribution is 7.92. The average Bonchev–Trinajstić information content (AvgIpc) is 3.14. The van der Waals surface area contributed by atoms with Gasteiger partial charge in [-0.1, -0.05) is 12.1 Å². The molecule has 0 bridgehead atoms. The van der Waals surface area contributed by atoms with Crippen LogP contribution < -0.4 is 4.72 Å². The minimum Gasteiger partial charge on any atom is -0.278 e. The molecule has 0 unspecified atom stereocenters. The molecule has 2 N–H and O–H groups in total. The van der Waals surface area contributed by atoms with Crippen LogP contribution in [0.15, 0.2) is 59.6 Å². The number of aromatic amines is 1. The summed E-state index contributed by atoms with van der Waals surface area (Å²) in [4.78, 5) is -0.998. The number of nitrogens with zero attached hydrogens (tertiary/aromatic N) is 1. The normalized spacial score (nSPS) is 11.7. The molecule has 0 radical (unpaired) electrons. The maximum absolute atomic E-state index is 15.0. The van der Waals surface area contributed by atoms with Crippen molar-refractivity contribution >= 4 is 26.6 Å². The first-order valence-corrected chi connectivity index (χ1v) is 9.64. The first kappa shape index (κ1) is 18.9. The second-order valence-electron chi connectivity index (χ2n) is 6.14. The van der Waals surface area contributed by atoms with Crippen LogP contribution in [0.1, 0.15) is 0 Å². The first-order valence-electron chi connectivity index (χ1n) is 8.15. The lowest BCUT2D eigenvalue weighted by molar-refractivity contribution is 0.554. The van der Waals surface area contributed by atoms with Crippen molar-refractivity contribution in [2.24, 2.45) is 0 Å². The number of aromatic nitrogens is 2. The molecular formula is C19H11F4N3O2S. The number of sulfonamides is 1. The van der Waals surface area contributed by atoms with E-state index < -0.39 is 49.4 Å². The van der Waals surface area contributed by atoms with E-state index >= 15 is 4.39 Å². The van der Waals surface area contributed by atoms with Crippen molar-refractivity contribution in [2.75, 3.05) is 4.72 Å². The number of anilines is 1. The number of nitrogens with one attached hydrogen (secondary N) is 2. The molecule has 4 aromatic rings. The third kappa shape index (κ3) is 3.42. The Hall–Kier alpha value is -3.40. The van der Waals surface area contributed by atoms with E-state index in [2.05, 4.69) is 10.2 Å². The van der Waals surface area contributed by atoms with Gasteiger partial charge in [-0.15, -0.1) is 0 Å². The third-order valence-corrected chi connectivity index (χ3v) is 5.63. The van der Waals surface area contributed by atoms with E-state index in [1.165, 1.54) is 18.3 Å². The van der Waals surface area contributed by atoms with E-state index in [1.807, 2.05) is 4.72 Å². The van der Waals surface area contributed by atoms with Gasteiger partial charge in [-0.05, 0) is 42.0 Å². The number of benzene rings is 3. The van der Waals surface area contributed by atoms with Gasteiger partial charge in [0.25, 0.3) is 10.0 Å². The summed E-state index contributed by atoms with van der Waals surface area (Å²) < 4.78 is 83.2. The van der Waals surface area contributed by atoms with Crippen molar-refractivity contribution < 1.29 is 26.0 Å². The van der Waals surface area contributed by atoms with Crippen LogP contribution in [-0.4, -0.2) is 18.6 Å². The van der Waals surface area contributed by atoms with Gasteiger partial charge in [0.2, 0.25) is 0 Å². The van der Waals surface area contributed by atoms with E-state index in [4.69, 9.17) is 0 Å². The molecule has 1 heterocycles. The van der Waals surface area contributed by atoms with E-state index in [0.29, 0.717) is 23.0 Å². The summed E-state index contributed by atoms with van der Waals surface area (Å²) in [7, 11) is -4.67. The molecule has 29 heavy (non-hydrogen) atoms. The highest BCUT2D eigenvalue weighted by Crippen LogP contribution is 2.33. The predicted octanol–water partition coefficient (Wildman–Crippen LogP) is 4.59. The third-order valence-electron chi connectivity index (χ3n) is 4.25. The Morgan fingerprint density at radius 1 is 0.897 bits per heavy atom. The fourth-order valence-corrected chi connectivity index (χ4v) is 4.02. The molecular weight excluding hydrogens is 410 g/mol. The number of hydrogen-bond donors (Lipinski definition) is 2. The zero-order chi connectivity index (χ0) is 20.8. The Morgan fingerprint density at radius 3 is 2.45 bits per heavy atom. The molecule has 148 valence electrons. The number of hydrogen-bond acceptors (Lipinski definition) is 3. The van der Waals surface area contributed by atoms with Gasteiger partial charge in [-0.25, -0.2) is 26.0 Å². The van der Waals surface area contributed by atoms with Crippen LogP contribution in [0.4, 0.5) is 23.2 Å². The van der Waals surface area contributed by atoms with Crippen LogP contribution in [0, 0.1) is 23.3 Å². The molecule has 0 saturated heterocycles. The molecule has 1 aromatic heterocycles. The average molecular weight is 421 g/mol. The van der Waals surface area contributed by atoms with Crippen molar-refractivity contribution in [3.63, 3.8) is 0 Å². The van der Waals surface area contributed by atoms with Crippen molar-refractivity contribution in [1.29, 1.82) is 0 Å². The van der Waals surface area contributed by atoms with Gasteiger partial charge in [0.15, 0.2) is 5.82 Å². The zero-order valence-electron chi connectivity index (χ0n) is 14.4. The summed E-state index contributed by atoms with van der Waals surface area (Å²) in [5, 5.41) is 7.21. The maximum Gasteiger partial charge on any atom is 0.265 e. The molecule has 0 fully saturated rings. The van der Waals surface area contributed by atoms with E-state index in [-0.39, 0.29) is 5.56 Å². The largest absolute Gasteiger partial charge is 0.278 e. The molecule has 0 aliphatic heterocycles. The van der Waals surface area contributed by atoms with Gasteiger partial charge in [0.1, 0.15) is 22.3 Å². The summed E-state index contributed by atoms with van der Waals surface area (Å²) >= 11 is 0. The standard InChI is InChI=1S/C19H11F4N3O2S/c20-12-3-4-13(21)17(8-12)29(27,28)26-15-6-5-14(22)18(19(15)23)10-1-2-11-9-24-25-16(11)7-10/h1-9,26H,(H,24,25). The Kier molecular flexibility index (Phi) is 4.50. The maximum atomic E-state index is 15.0. The number of rotatable bonds is 4. The molecule has 0 atom stereocenters. The summed E-state index contributed by atoms with van der Waals surface area (Å²) in [5.74, 6) is -4.34. The molecule has 0 amide bonds. The first-order chi connectivity index (χ1) is 13.8. The SMILES string of the molecule is O=S(=O)(Nc1ccc(F)c(-c2ccc3cn[nH]c3c2)c1F)c1cc(F)ccc1F. The summed E-state index contributed by atoms with van der Waals surface area (Å²) in [5.41, 5.74) is -0.444.